The van der Waals surface area contributed by atoms with Gasteiger partial charge in [0.2, 0.25) is 5.88 Å². The number of fused-ring (bicyclic) bond motifs is 1. The van der Waals surface area contributed by atoms with E-state index in [9.17, 15) is 5.11 Å². The summed E-state index contributed by atoms with van der Waals surface area (Å²) in [5.74, 6) is -0.0457. The van der Waals surface area contributed by atoms with Gasteiger partial charge >= 0.3 is 0 Å². The minimum Gasteiger partial charge on any atom is -0.493 e. The Morgan fingerprint density at radius 2 is 2.23 bits per heavy atom. The van der Waals surface area contributed by atoms with Gasteiger partial charge in [-0.15, -0.1) is 0 Å². The van der Waals surface area contributed by atoms with Crippen LogP contribution in [0.2, 0.25) is 0 Å². The van der Waals surface area contributed by atoms with Crippen molar-refractivity contribution in [1.29, 1.82) is 5.53 Å². The van der Waals surface area contributed by atoms with Crippen LogP contribution < -0.4 is 0 Å². The van der Waals surface area contributed by atoms with Gasteiger partial charge in [0.15, 0.2) is 5.69 Å². The zero-order valence-electron chi connectivity index (χ0n) is 7.13. The van der Waals surface area contributed by atoms with Crippen molar-refractivity contribution in [3.05, 3.63) is 23.8 Å². The van der Waals surface area contributed by atoms with E-state index in [-0.39, 0.29) is 5.88 Å². The minimum atomic E-state index is -0.0457. The summed E-state index contributed by atoms with van der Waals surface area (Å²) in [6.45, 7) is 1.97. The first-order valence-electron chi connectivity index (χ1n) is 3.91. The summed E-state index contributed by atoms with van der Waals surface area (Å²) in [6, 6.07) is 5.67. The van der Waals surface area contributed by atoms with Crippen molar-refractivity contribution >= 4 is 16.6 Å². The molecule has 0 fully saturated rings. The van der Waals surface area contributed by atoms with Crippen LogP contribution in [0.5, 0.6) is 5.88 Å². The van der Waals surface area contributed by atoms with Gasteiger partial charge in [0.05, 0.1) is 5.52 Å². The van der Waals surface area contributed by atoms with E-state index in [0.717, 1.165) is 16.5 Å². The second-order valence-electron chi connectivity index (χ2n) is 2.98. The van der Waals surface area contributed by atoms with Gasteiger partial charge in [-0.25, -0.2) is 5.53 Å². The normalized spacial score (nSPS) is 10.5. The van der Waals surface area contributed by atoms with Crippen LogP contribution in [0.3, 0.4) is 0 Å². The lowest BCUT2D eigenvalue weighted by molar-refractivity contribution is 0.459. The Kier molecular flexibility index (Phi) is 1.55. The molecule has 3 N–H and O–H groups in total. The van der Waals surface area contributed by atoms with Crippen molar-refractivity contribution in [2.45, 2.75) is 6.92 Å². The highest BCUT2D eigenvalue weighted by Crippen LogP contribution is 2.34. The molecule has 0 spiro atoms. The lowest BCUT2D eigenvalue weighted by Gasteiger charge is -1.91. The van der Waals surface area contributed by atoms with E-state index in [4.69, 9.17) is 5.53 Å². The molecule has 0 aliphatic carbocycles. The van der Waals surface area contributed by atoms with E-state index in [1.165, 1.54) is 0 Å². The van der Waals surface area contributed by atoms with Crippen molar-refractivity contribution in [3.8, 4) is 5.88 Å². The molecule has 4 nitrogen and oxygen atoms in total. The molecule has 66 valence electrons. The highest BCUT2D eigenvalue weighted by molar-refractivity contribution is 5.94. The number of aryl methyl sites for hydroxylation is 1. The van der Waals surface area contributed by atoms with E-state index in [1.807, 2.05) is 25.1 Å². The Morgan fingerprint density at radius 1 is 1.46 bits per heavy atom. The fourth-order valence-electron chi connectivity index (χ4n) is 1.40. The molecular formula is C9H9N3O. The van der Waals surface area contributed by atoms with Gasteiger partial charge in [-0.1, -0.05) is 12.1 Å². The first kappa shape index (κ1) is 7.79. The summed E-state index contributed by atoms with van der Waals surface area (Å²) in [7, 11) is 0. The maximum Gasteiger partial charge on any atom is 0.218 e. The third-order valence-corrected chi connectivity index (χ3v) is 2.02. The van der Waals surface area contributed by atoms with Gasteiger partial charge in [-0.2, -0.15) is 5.11 Å². The SMILES string of the molecule is Cc1ccc2c(N=N)c(O)[nH]c2c1. The average molecular weight is 175 g/mol. The van der Waals surface area contributed by atoms with E-state index in [0.29, 0.717) is 5.69 Å². The molecule has 4 heteroatoms. The summed E-state index contributed by atoms with van der Waals surface area (Å²) >= 11 is 0. The van der Waals surface area contributed by atoms with Crippen LogP contribution >= 0.6 is 0 Å². The summed E-state index contributed by atoms with van der Waals surface area (Å²) in [5, 5.41) is 13.4. The van der Waals surface area contributed by atoms with Crippen LogP contribution in [0.25, 0.3) is 10.9 Å². The molecule has 13 heavy (non-hydrogen) atoms. The van der Waals surface area contributed by atoms with Gasteiger partial charge in [0.1, 0.15) is 0 Å². The smallest absolute Gasteiger partial charge is 0.218 e. The Bertz CT molecular complexity index is 473. The Hall–Kier alpha value is -1.84. The molecule has 0 aliphatic heterocycles. The molecule has 0 aliphatic rings. The first-order chi connectivity index (χ1) is 6.22. The second kappa shape index (κ2) is 2.58. The van der Waals surface area contributed by atoms with Gasteiger partial charge < -0.3 is 10.1 Å². The number of aromatic amines is 1. The van der Waals surface area contributed by atoms with Crippen LogP contribution in [0.1, 0.15) is 5.56 Å². The number of aromatic hydroxyl groups is 1. The molecule has 2 rings (SSSR count). The Labute approximate surface area is 74.7 Å². The first-order valence-corrected chi connectivity index (χ1v) is 3.91. The summed E-state index contributed by atoms with van der Waals surface area (Å²) in [6.07, 6.45) is 0. The highest BCUT2D eigenvalue weighted by Gasteiger charge is 2.08. The van der Waals surface area contributed by atoms with Gasteiger partial charge in [0, 0.05) is 5.39 Å². The quantitative estimate of drug-likeness (QED) is 0.573. The number of nitrogens with zero attached hydrogens (tertiary/aromatic N) is 1. The zero-order chi connectivity index (χ0) is 9.42. The molecular weight excluding hydrogens is 166 g/mol. The van der Waals surface area contributed by atoms with Crippen molar-refractivity contribution in [2.75, 3.05) is 0 Å². The molecule has 1 aromatic carbocycles. The summed E-state index contributed by atoms with van der Waals surface area (Å²) in [4.78, 5) is 2.76. The van der Waals surface area contributed by atoms with E-state index >= 15 is 0 Å². The fourth-order valence-corrected chi connectivity index (χ4v) is 1.40. The van der Waals surface area contributed by atoms with Crippen LogP contribution in [-0.4, -0.2) is 10.1 Å². The molecule has 2 aromatic rings. The minimum absolute atomic E-state index is 0.0457. The Morgan fingerprint density at radius 3 is 2.92 bits per heavy atom. The number of hydrogen-bond acceptors (Lipinski definition) is 3. The van der Waals surface area contributed by atoms with Crippen LogP contribution in [0.4, 0.5) is 5.69 Å². The number of nitrogens with one attached hydrogen (secondary N) is 2. The van der Waals surface area contributed by atoms with E-state index in [1.54, 1.807) is 0 Å². The number of H-pyrrole nitrogens is 1. The van der Waals surface area contributed by atoms with Crippen molar-refractivity contribution < 1.29 is 5.11 Å². The number of rotatable bonds is 1. The topological polar surface area (TPSA) is 72.2 Å². The lowest BCUT2D eigenvalue weighted by atomic mass is 10.2. The molecule has 0 unspecified atom stereocenters. The predicted molar refractivity (Wildman–Crippen MR) is 49.5 cm³/mol. The predicted octanol–water partition coefficient (Wildman–Crippen LogP) is 2.84. The molecule has 0 radical (unpaired) electrons. The van der Waals surface area contributed by atoms with Gasteiger partial charge in [-0.05, 0) is 18.6 Å². The van der Waals surface area contributed by atoms with Gasteiger partial charge in [-0.3, -0.25) is 0 Å². The van der Waals surface area contributed by atoms with Crippen LogP contribution in [0.15, 0.2) is 23.3 Å². The molecule has 0 bridgehead atoms. The third-order valence-electron chi connectivity index (χ3n) is 2.02. The molecule has 0 amide bonds. The van der Waals surface area contributed by atoms with Crippen LogP contribution in [-0.2, 0) is 0 Å². The maximum atomic E-state index is 9.36. The van der Waals surface area contributed by atoms with Gasteiger partial charge in [0.25, 0.3) is 0 Å². The second-order valence-corrected chi connectivity index (χ2v) is 2.98. The molecule has 0 atom stereocenters. The average Bonchev–Trinajstić information content (AvgIpc) is 2.39. The highest BCUT2D eigenvalue weighted by atomic mass is 16.3. The maximum absolute atomic E-state index is 9.36. The van der Waals surface area contributed by atoms with E-state index < -0.39 is 0 Å². The molecule has 0 saturated carbocycles. The Balaban J connectivity index is 2.86. The summed E-state index contributed by atoms with van der Waals surface area (Å²) in [5.41, 5.74) is 9.09. The summed E-state index contributed by atoms with van der Waals surface area (Å²) < 4.78 is 0. The number of aromatic nitrogens is 1. The third kappa shape index (κ3) is 1.07. The number of hydrogen-bond donors (Lipinski definition) is 3. The zero-order valence-corrected chi connectivity index (χ0v) is 7.13. The van der Waals surface area contributed by atoms with Crippen molar-refractivity contribution in [2.24, 2.45) is 5.11 Å². The van der Waals surface area contributed by atoms with Crippen LogP contribution in [0, 0.1) is 12.5 Å². The molecule has 0 saturated heterocycles. The van der Waals surface area contributed by atoms with Crippen molar-refractivity contribution in [3.63, 3.8) is 0 Å². The van der Waals surface area contributed by atoms with E-state index in [2.05, 4.69) is 10.1 Å². The largest absolute Gasteiger partial charge is 0.493 e. The standard InChI is InChI=1S/C9H9N3O/c1-5-2-3-6-7(4-5)11-9(13)8(6)12-10/h2-4,10-11,13H,1H3. The molecule has 1 aromatic heterocycles. The number of benzene rings is 1. The van der Waals surface area contributed by atoms with Crippen molar-refractivity contribution in [1.82, 2.24) is 4.98 Å². The monoisotopic (exact) mass is 175 g/mol. The molecule has 1 heterocycles. The fraction of sp³-hybridized carbons (Fsp3) is 0.111. The lowest BCUT2D eigenvalue weighted by Crippen LogP contribution is -1.70.